The Morgan fingerprint density at radius 1 is 1.10 bits per heavy atom. The Kier molecular flexibility index (Phi) is 5.68. The van der Waals surface area contributed by atoms with Crippen LogP contribution in [0.5, 0.6) is 0 Å². The second-order valence-electron chi connectivity index (χ2n) is 7.91. The fraction of sp³-hybridized carbons (Fsp3) is 0.292. The highest BCUT2D eigenvalue weighted by Crippen LogP contribution is 2.34. The van der Waals surface area contributed by atoms with E-state index in [0.29, 0.717) is 12.3 Å². The zero-order valence-corrected chi connectivity index (χ0v) is 18.3. The molecule has 0 aliphatic rings. The van der Waals surface area contributed by atoms with Crippen molar-refractivity contribution in [1.82, 2.24) is 15.5 Å². The van der Waals surface area contributed by atoms with E-state index < -0.39 is 5.41 Å². The molecule has 4 rings (SSSR count). The molecule has 2 heterocycles. The van der Waals surface area contributed by atoms with Gasteiger partial charge >= 0.3 is 0 Å². The van der Waals surface area contributed by atoms with E-state index in [1.54, 1.807) is 11.3 Å². The Hall–Kier alpha value is -2.99. The molecule has 0 saturated heterocycles. The van der Waals surface area contributed by atoms with Gasteiger partial charge in [-0.15, -0.1) is 11.3 Å². The lowest BCUT2D eigenvalue weighted by Crippen LogP contribution is -2.39. The molecule has 154 valence electrons. The summed E-state index contributed by atoms with van der Waals surface area (Å²) in [6.07, 6.45) is 1.88. The number of nitrogens with one attached hydrogen (secondary N) is 1. The Bertz CT molecular complexity index is 1160. The smallest absolute Gasteiger partial charge is 0.232 e. The first-order valence-electron chi connectivity index (χ1n) is 10.2. The molecule has 4 aromatic rings. The molecular formula is C24H25N3O2S. The fourth-order valence-corrected chi connectivity index (χ4v) is 4.40. The lowest BCUT2D eigenvalue weighted by molar-refractivity contribution is -0.125. The number of amides is 1. The summed E-state index contributed by atoms with van der Waals surface area (Å²) < 4.78 is 6.39. The topological polar surface area (TPSA) is 68.0 Å². The first-order chi connectivity index (χ1) is 14.5. The van der Waals surface area contributed by atoms with Gasteiger partial charge in [0.15, 0.2) is 5.76 Å². The number of benzene rings is 2. The van der Waals surface area contributed by atoms with Crippen molar-refractivity contribution in [2.75, 3.05) is 0 Å². The SMILES string of the molecule is CCCc1cc(CNC(=O)C(C)(C)c2nc3ccc(-c4ccccc4)cc3s2)on1. The largest absolute Gasteiger partial charge is 0.359 e. The molecular weight excluding hydrogens is 394 g/mol. The number of nitrogens with zero attached hydrogens (tertiary/aromatic N) is 2. The molecule has 1 N–H and O–H groups in total. The Morgan fingerprint density at radius 2 is 1.90 bits per heavy atom. The van der Waals surface area contributed by atoms with Crippen LogP contribution in [-0.2, 0) is 23.2 Å². The Morgan fingerprint density at radius 3 is 2.67 bits per heavy atom. The summed E-state index contributed by atoms with van der Waals surface area (Å²) in [6, 6.07) is 18.4. The van der Waals surface area contributed by atoms with Crippen LogP contribution in [0.1, 0.15) is 43.7 Å². The van der Waals surface area contributed by atoms with E-state index in [1.165, 1.54) is 5.56 Å². The Balaban J connectivity index is 1.51. The fourth-order valence-electron chi connectivity index (χ4n) is 3.30. The van der Waals surface area contributed by atoms with Crippen LogP contribution in [0.3, 0.4) is 0 Å². The number of carbonyl (C=O) groups is 1. The molecule has 0 spiro atoms. The maximum atomic E-state index is 12.9. The first kappa shape index (κ1) is 20.3. The molecule has 2 aromatic heterocycles. The van der Waals surface area contributed by atoms with Gasteiger partial charge in [-0.1, -0.05) is 54.9 Å². The third-order valence-corrected chi connectivity index (χ3v) is 6.48. The van der Waals surface area contributed by atoms with Crippen molar-refractivity contribution < 1.29 is 9.32 Å². The van der Waals surface area contributed by atoms with E-state index in [1.807, 2.05) is 44.2 Å². The third-order valence-electron chi connectivity index (χ3n) is 5.13. The van der Waals surface area contributed by atoms with E-state index in [0.717, 1.165) is 39.3 Å². The van der Waals surface area contributed by atoms with Gasteiger partial charge in [-0.05, 0) is 43.5 Å². The van der Waals surface area contributed by atoms with Gasteiger partial charge in [-0.2, -0.15) is 0 Å². The number of aryl methyl sites for hydroxylation is 1. The molecule has 0 unspecified atom stereocenters. The molecule has 5 nitrogen and oxygen atoms in total. The van der Waals surface area contributed by atoms with Crippen LogP contribution >= 0.6 is 11.3 Å². The van der Waals surface area contributed by atoms with Gasteiger partial charge in [0.1, 0.15) is 5.01 Å². The van der Waals surface area contributed by atoms with Crippen LogP contribution < -0.4 is 5.32 Å². The standard InChI is InChI=1S/C24H25N3O2S/c1-4-8-18-14-19(29-27-18)15-25-22(28)24(2,3)23-26-20-12-11-17(13-21(20)30-23)16-9-6-5-7-10-16/h5-7,9-14H,4,8,15H2,1-3H3,(H,25,28). The number of carbonyl (C=O) groups excluding carboxylic acids is 1. The molecule has 0 atom stereocenters. The summed E-state index contributed by atoms with van der Waals surface area (Å²) in [5.74, 6) is 0.581. The van der Waals surface area contributed by atoms with Gasteiger partial charge < -0.3 is 9.84 Å². The second kappa shape index (κ2) is 8.40. The number of hydrogen-bond donors (Lipinski definition) is 1. The van der Waals surface area contributed by atoms with Crippen LogP contribution in [0.25, 0.3) is 21.3 Å². The average Bonchev–Trinajstić information content (AvgIpc) is 3.39. The van der Waals surface area contributed by atoms with E-state index in [-0.39, 0.29) is 5.91 Å². The highest BCUT2D eigenvalue weighted by atomic mass is 32.1. The van der Waals surface area contributed by atoms with Crippen LogP contribution in [0.4, 0.5) is 0 Å². The molecule has 30 heavy (non-hydrogen) atoms. The summed E-state index contributed by atoms with van der Waals surface area (Å²) in [4.78, 5) is 17.7. The molecule has 1 amide bonds. The molecule has 0 aliphatic heterocycles. The van der Waals surface area contributed by atoms with Crippen molar-refractivity contribution in [1.29, 1.82) is 0 Å². The number of rotatable bonds is 7. The van der Waals surface area contributed by atoms with Gasteiger partial charge in [0.25, 0.3) is 0 Å². The summed E-state index contributed by atoms with van der Waals surface area (Å²) >= 11 is 1.57. The first-order valence-corrected chi connectivity index (χ1v) is 11.0. The van der Waals surface area contributed by atoms with Gasteiger partial charge in [0.05, 0.1) is 27.9 Å². The zero-order chi connectivity index (χ0) is 21.1. The maximum Gasteiger partial charge on any atom is 0.232 e. The minimum absolute atomic E-state index is 0.0849. The number of thiazole rings is 1. The maximum absolute atomic E-state index is 12.9. The highest BCUT2D eigenvalue weighted by molar-refractivity contribution is 7.18. The minimum Gasteiger partial charge on any atom is -0.359 e. The van der Waals surface area contributed by atoms with Crippen molar-refractivity contribution in [3.05, 3.63) is 71.1 Å². The molecule has 6 heteroatoms. The average molecular weight is 420 g/mol. The molecule has 2 aromatic carbocycles. The second-order valence-corrected chi connectivity index (χ2v) is 8.94. The predicted octanol–water partition coefficient (Wildman–Crippen LogP) is 5.50. The number of hydrogen-bond acceptors (Lipinski definition) is 5. The molecule has 0 fully saturated rings. The number of aromatic nitrogens is 2. The van der Waals surface area contributed by atoms with Gasteiger partial charge in [-0.3, -0.25) is 4.79 Å². The summed E-state index contributed by atoms with van der Waals surface area (Å²) in [5, 5.41) is 7.79. The van der Waals surface area contributed by atoms with Crippen molar-refractivity contribution >= 4 is 27.5 Å². The summed E-state index contributed by atoms with van der Waals surface area (Å²) in [5.41, 5.74) is 3.40. The quantitative estimate of drug-likeness (QED) is 0.430. The lowest BCUT2D eigenvalue weighted by Gasteiger charge is -2.20. The molecule has 0 saturated carbocycles. The van der Waals surface area contributed by atoms with Gasteiger partial charge in [0.2, 0.25) is 5.91 Å². The van der Waals surface area contributed by atoms with Crippen molar-refractivity contribution in [2.24, 2.45) is 0 Å². The lowest BCUT2D eigenvalue weighted by atomic mass is 9.93. The van der Waals surface area contributed by atoms with Crippen LogP contribution in [-0.4, -0.2) is 16.0 Å². The summed E-state index contributed by atoms with van der Waals surface area (Å²) in [7, 11) is 0. The van der Waals surface area contributed by atoms with Crippen molar-refractivity contribution in [3.8, 4) is 11.1 Å². The summed E-state index contributed by atoms with van der Waals surface area (Å²) in [6.45, 7) is 6.23. The third kappa shape index (κ3) is 4.14. The van der Waals surface area contributed by atoms with E-state index in [2.05, 4.69) is 41.7 Å². The molecule has 0 radical (unpaired) electrons. The van der Waals surface area contributed by atoms with Crippen molar-refractivity contribution in [2.45, 2.75) is 45.6 Å². The van der Waals surface area contributed by atoms with Gasteiger partial charge in [-0.25, -0.2) is 4.98 Å². The monoisotopic (exact) mass is 419 g/mol. The predicted molar refractivity (Wildman–Crippen MR) is 120 cm³/mol. The van der Waals surface area contributed by atoms with E-state index in [9.17, 15) is 4.79 Å². The van der Waals surface area contributed by atoms with Crippen LogP contribution in [0.15, 0.2) is 59.1 Å². The zero-order valence-electron chi connectivity index (χ0n) is 17.4. The Labute approximate surface area is 180 Å². The van der Waals surface area contributed by atoms with Crippen LogP contribution in [0, 0.1) is 0 Å². The van der Waals surface area contributed by atoms with Crippen LogP contribution in [0.2, 0.25) is 0 Å². The number of fused-ring (bicyclic) bond motifs is 1. The molecule has 0 aliphatic carbocycles. The molecule has 0 bridgehead atoms. The van der Waals surface area contributed by atoms with E-state index >= 15 is 0 Å². The normalized spacial score (nSPS) is 11.7. The highest BCUT2D eigenvalue weighted by Gasteiger charge is 2.33. The van der Waals surface area contributed by atoms with E-state index in [4.69, 9.17) is 9.51 Å². The van der Waals surface area contributed by atoms with Crippen molar-refractivity contribution in [3.63, 3.8) is 0 Å². The minimum atomic E-state index is -0.747. The van der Waals surface area contributed by atoms with Gasteiger partial charge in [0, 0.05) is 6.07 Å².